The number of amides is 2. The maximum Gasteiger partial charge on any atom is 0.294 e. The molecule has 2 aliphatic carbocycles. The first kappa shape index (κ1) is 21.4. The first-order valence-corrected chi connectivity index (χ1v) is 11.9. The number of benzene rings is 1. The minimum atomic E-state index is -0.366. The fourth-order valence-corrected chi connectivity index (χ4v) is 7.43. The smallest absolute Gasteiger partial charge is 0.294 e. The highest BCUT2D eigenvalue weighted by Crippen LogP contribution is 2.54. The first-order chi connectivity index (χ1) is 15.0. The molecular weight excluding hydrogens is 406 g/mol. The van der Waals surface area contributed by atoms with E-state index in [1.165, 1.54) is 11.0 Å². The molecule has 7 nitrogen and oxygen atoms in total. The molecule has 4 aliphatic rings. The third-order valence-electron chi connectivity index (χ3n) is 8.33. The van der Waals surface area contributed by atoms with Crippen molar-refractivity contribution in [2.24, 2.45) is 28.6 Å². The lowest BCUT2D eigenvalue weighted by atomic mass is 9.65. The fourth-order valence-electron chi connectivity index (χ4n) is 7.43. The number of rotatable bonds is 3. The van der Waals surface area contributed by atoms with E-state index in [1.807, 2.05) is 0 Å². The molecule has 0 spiro atoms. The number of hydrogen-bond acceptors (Lipinski definition) is 5. The van der Waals surface area contributed by atoms with E-state index in [2.05, 4.69) is 32.6 Å². The Kier molecular flexibility index (Phi) is 4.70. The summed E-state index contributed by atoms with van der Waals surface area (Å²) in [4.78, 5) is 41.3. The molecule has 0 N–H and O–H groups in total. The normalized spacial score (nSPS) is 35.9. The summed E-state index contributed by atoms with van der Waals surface area (Å²) in [5, 5.41) is 12.1. The second-order valence-electron chi connectivity index (χ2n) is 11.9. The van der Waals surface area contributed by atoms with Gasteiger partial charge in [-0.1, -0.05) is 27.7 Å². The molecule has 32 heavy (non-hydrogen) atoms. The molecule has 0 aromatic heterocycles. The van der Waals surface area contributed by atoms with Crippen LogP contribution in [0.15, 0.2) is 18.2 Å². The number of imide groups is 1. The Morgan fingerprint density at radius 2 is 1.78 bits per heavy atom. The molecule has 2 amide bonds. The van der Waals surface area contributed by atoms with Crippen LogP contribution in [0.4, 0.5) is 17.1 Å². The van der Waals surface area contributed by atoms with Crippen LogP contribution in [0.5, 0.6) is 0 Å². The number of nitro groups is 1. The molecule has 2 saturated carbocycles. The van der Waals surface area contributed by atoms with Gasteiger partial charge in [0.15, 0.2) is 0 Å². The number of fused-ring (bicyclic) bond motifs is 3. The van der Waals surface area contributed by atoms with Crippen LogP contribution < -0.4 is 9.80 Å². The highest BCUT2D eigenvalue weighted by Gasteiger charge is 2.52. The van der Waals surface area contributed by atoms with Crippen molar-refractivity contribution in [3.8, 4) is 0 Å². The van der Waals surface area contributed by atoms with Gasteiger partial charge in [-0.05, 0) is 67.4 Å². The molecule has 2 heterocycles. The Morgan fingerprint density at radius 3 is 2.50 bits per heavy atom. The number of anilines is 2. The Balaban J connectivity index is 1.49. The lowest BCUT2D eigenvalue weighted by Gasteiger charge is -2.39. The van der Waals surface area contributed by atoms with Gasteiger partial charge in [0.1, 0.15) is 5.69 Å². The zero-order chi connectivity index (χ0) is 23.0. The molecule has 2 saturated heterocycles. The van der Waals surface area contributed by atoms with Gasteiger partial charge in [-0.25, -0.2) is 4.90 Å². The molecule has 0 radical (unpaired) electrons. The van der Waals surface area contributed by atoms with E-state index < -0.39 is 0 Å². The molecule has 5 atom stereocenters. The predicted molar refractivity (Wildman–Crippen MR) is 122 cm³/mol. The third-order valence-corrected chi connectivity index (χ3v) is 8.33. The second kappa shape index (κ2) is 7.03. The van der Waals surface area contributed by atoms with Crippen molar-refractivity contribution in [1.82, 2.24) is 0 Å². The number of carbonyl (C=O) groups excluding carboxylic acids is 2. The van der Waals surface area contributed by atoms with Crippen LogP contribution in [0.25, 0.3) is 0 Å². The molecule has 0 unspecified atom stereocenters. The van der Waals surface area contributed by atoms with Crippen LogP contribution >= 0.6 is 0 Å². The van der Waals surface area contributed by atoms with Crippen molar-refractivity contribution < 1.29 is 14.5 Å². The molecule has 5 rings (SSSR count). The molecule has 4 fully saturated rings. The number of nitro benzene ring substituents is 1. The van der Waals surface area contributed by atoms with Gasteiger partial charge in [0.2, 0.25) is 11.8 Å². The molecule has 2 bridgehead atoms. The van der Waals surface area contributed by atoms with Gasteiger partial charge in [-0.3, -0.25) is 19.7 Å². The maximum atomic E-state index is 13.1. The van der Waals surface area contributed by atoms with E-state index in [0.29, 0.717) is 17.3 Å². The minimum Gasteiger partial charge on any atom is -0.362 e. The van der Waals surface area contributed by atoms with E-state index in [0.717, 1.165) is 45.1 Å². The number of nitrogens with zero attached hydrogens (tertiary/aromatic N) is 3. The van der Waals surface area contributed by atoms with Gasteiger partial charge >= 0.3 is 0 Å². The summed E-state index contributed by atoms with van der Waals surface area (Å²) in [6.45, 7) is 9.76. The van der Waals surface area contributed by atoms with Gasteiger partial charge in [0.25, 0.3) is 5.69 Å². The molecule has 2 aliphatic heterocycles. The molecular formula is C25H33N3O4. The molecule has 1 aromatic carbocycles. The highest BCUT2D eigenvalue weighted by molar-refractivity contribution is 6.22. The Bertz CT molecular complexity index is 1000. The van der Waals surface area contributed by atoms with Crippen molar-refractivity contribution >= 4 is 28.9 Å². The van der Waals surface area contributed by atoms with Gasteiger partial charge in [-0.2, -0.15) is 0 Å². The van der Waals surface area contributed by atoms with Gasteiger partial charge < -0.3 is 4.90 Å². The Morgan fingerprint density at radius 1 is 1.06 bits per heavy atom. The van der Waals surface area contributed by atoms with E-state index >= 15 is 0 Å². The van der Waals surface area contributed by atoms with Crippen molar-refractivity contribution in [3.63, 3.8) is 0 Å². The van der Waals surface area contributed by atoms with Crippen LogP contribution in [0.1, 0.15) is 66.2 Å². The summed E-state index contributed by atoms with van der Waals surface area (Å²) in [7, 11) is 0. The number of carbonyl (C=O) groups is 2. The predicted octanol–water partition coefficient (Wildman–Crippen LogP) is 4.93. The van der Waals surface area contributed by atoms with Crippen molar-refractivity contribution in [3.05, 3.63) is 28.3 Å². The molecule has 1 aromatic rings. The standard InChI is InChI=1S/C25H33N3O4/c1-15-5-7-18-19(9-15)23(30)27(22(18)29)16-6-8-20(21(10-16)28(31)32)26-14-25(4)12-17(26)11-24(2,3)13-25/h6,8,10,15,17-19H,5,7,9,11-14H2,1-4H3/t15-,17-,18-,19-,25+/m1/s1. The van der Waals surface area contributed by atoms with E-state index in [4.69, 9.17) is 0 Å². The monoisotopic (exact) mass is 439 g/mol. The summed E-state index contributed by atoms with van der Waals surface area (Å²) in [5.41, 5.74) is 1.29. The fraction of sp³-hybridized carbons (Fsp3) is 0.680. The summed E-state index contributed by atoms with van der Waals surface area (Å²) in [6.07, 6.45) is 5.54. The Labute approximate surface area is 189 Å². The Hall–Kier alpha value is -2.44. The van der Waals surface area contributed by atoms with Crippen LogP contribution in [-0.2, 0) is 9.59 Å². The van der Waals surface area contributed by atoms with Gasteiger partial charge in [-0.15, -0.1) is 0 Å². The summed E-state index contributed by atoms with van der Waals surface area (Å²) >= 11 is 0. The zero-order valence-electron chi connectivity index (χ0n) is 19.5. The summed E-state index contributed by atoms with van der Waals surface area (Å²) in [5.74, 6) is -0.535. The average Bonchev–Trinajstić information content (AvgIpc) is 3.09. The number of hydrogen-bond donors (Lipinski definition) is 0. The second-order valence-corrected chi connectivity index (χ2v) is 11.9. The van der Waals surface area contributed by atoms with Crippen molar-refractivity contribution in [1.29, 1.82) is 0 Å². The topological polar surface area (TPSA) is 83.8 Å². The average molecular weight is 440 g/mol. The molecule has 7 heteroatoms. The van der Waals surface area contributed by atoms with E-state index in [1.54, 1.807) is 12.1 Å². The lowest BCUT2D eigenvalue weighted by molar-refractivity contribution is -0.384. The zero-order valence-corrected chi connectivity index (χ0v) is 19.5. The van der Waals surface area contributed by atoms with Crippen molar-refractivity contribution in [2.45, 2.75) is 72.3 Å². The quantitative estimate of drug-likeness (QED) is 0.379. The lowest BCUT2D eigenvalue weighted by Crippen LogP contribution is -2.35. The SMILES string of the molecule is C[C@@H]1CC[C@H]2C(=O)N(c3ccc(N4C[C@@]5(C)C[C@H]4CC(C)(C)C5)c([N+](=O)[O-])c3)C(=O)[C@@H]2C1. The van der Waals surface area contributed by atoms with Crippen LogP contribution in [0.3, 0.4) is 0 Å². The van der Waals surface area contributed by atoms with E-state index in [9.17, 15) is 19.7 Å². The minimum absolute atomic E-state index is 0.0136. The van der Waals surface area contributed by atoms with Crippen molar-refractivity contribution in [2.75, 3.05) is 16.3 Å². The largest absolute Gasteiger partial charge is 0.362 e. The summed E-state index contributed by atoms with van der Waals surface area (Å²) < 4.78 is 0. The summed E-state index contributed by atoms with van der Waals surface area (Å²) in [6, 6.07) is 5.21. The van der Waals surface area contributed by atoms with Crippen LogP contribution in [0, 0.1) is 38.7 Å². The van der Waals surface area contributed by atoms with Gasteiger partial charge in [0, 0.05) is 18.7 Å². The van der Waals surface area contributed by atoms with Gasteiger partial charge in [0.05, 0.1) is 22.4 Å². The van der Waals surface area contributed by atoms with Crippen LogP contribution in [0.2, 0.25) is 0 Å². The first-order valence-electron chi connectivity index (χ1n) is 11.9. The van der Waals surface area contributed by atoms with Crippen LogP contribution in [-0.4, -0.2) is 29.3 Å². The maximum absolute atomic E-state index is 13.1. The molecule has 172 valence electrons. The highest BCUT2D eigenvalue weighted by atomic mass is 16.6. The van der Waals surface area contributed by atoms with E-state index in [-0.39, 0.29) is 51.1 Å². The third kappa shape index (κ3) is 3.32.